The highest BCUT2D eigenvalue weighted by Crippen LogP contribution is 2.36. The zero-order valence-electron chi connectivity index (χ0n) is 54.6. The van der Waals surface area contributed by atoms with E-state index in [9.17, 15) is 65.9 Å². The zero-order chi connectivity index (χ0) is 68.1. The molecule has 1 unspecified atom stereocenters. The summed E-state index contributed by atoms with van der Waals surface area (Å²) in [6.07, 6.45) is -2.97. The predicted octanol–water partition coefficient (Wildman–Crippen LogP) is 5.09. The second-order valence-corrected chi connectivity index (χ2v) is 26.4. The molecule has 3 aliphatic rings. The summed E-state index contributed by atoms with van der Waals surface area (Å²) in [5.41, 5.74) is -1.86. The number of rotatable bonds is 10. The predicted molar refractivity (Wildman–Crippen MR) is 336 cm³/mol. The smallest absolute Gasteiger partial charge is 0.351 e. The number of fused-ring (bicyclic) bond motifs is 1. The van der Waals surface area contributed by atoms with Crippen LogP contribution < -0.4 is 21.3 Å². The van der Waals surface area contributed by atoms with Crippen LogP contribution in [-0.4, -0.2) is 216 Å². The Balaban J connectivity index is 1.56. The Bertz CT molecular complexity index is 3000. The summed E-state index contributed by atoms with van der Waals surface area (Å²) in [5, 5.41) is 11.1. The van der Waals surface area contributed by atoms with E-state index in [1.54, 1.807) is 52.0 Å². The Morgan fingerprint density at radius 2 is 1.27 bits per heavy atom. The molecule has 0 aromatic heterocycles. The molecule has 504 valence electrons. The maximum Gasteiger partial charge on any atom is 0.417 e. The molecule has 2 aromatic rings. The number of likely N-dealkylation sites (N-methyl/N-ethyl adjacent to an activating group) is 6. The van der Waals surface area contributed by atoms with Gasteiger partial charge < -0.3 is 55.6 Å². The van der Waals surface area contributed by atoms with E-state index in [0.717, 1.165) is 31.7 Å². The SMILES string of the molecule is CC[C@H](C)C1NC(=O)[C@H](CC(C)C)N(C)C(=O)C[C@@H](C)NC(=O)[C@H](C(C)C)N(C)C(=O)C2(CCCC2)NC(=O)[C@@H]2CCCN2C(=O)[C@H](CCc2ccc(C(F)(F)F)c(Cl)c2)NC(=O)CN(C)C(=O)[C@H](Cc2ccccc2Cl)N(C)C(=O)CN(C)C(=O)CN(C)C1=O. The number of aryl methyl sites for hydroxylation is 1. The van der Waals surface area contributed by atoms with Crippen molar-refractivity contribution < 1.29 is 65.9 Å². The standard InChI is InChI=1S/C64H92Cl2F3N11O11/c1-14-39(6)54-61(90)76(10)35-52(83)74(8)36-53(84)78(12)49(33-42-20-15-16-21-44(42)65)60(89)75(9)34-50(81)71-46(26-24-41-23-25-43(45(66)32-41)64(67,68)69)59(88)80-29-19-22-47(80)57(86)73-63(27-17-18-28-63)62(91)79(13)55(38(4)5)58(87)70-40(7)31-51(82)77(11)48(30-37(2)3)56(85)72-54/h15-16,20-21,23,25,32,37-40,46-49,54-55H,14,17-19,22,24,26-31,33-36H2,1-13H3,(H,70,87)(H,71,81)(H,72,85)(H,73,86)/t39-,40+,46-,47-,48-,49-,54?,55-/m0/s1. The number of hydrogen-bond acceptors (Lipinski definition) is 11. The number of carbonyl (C=O) groups is 11. The summed E-state index contributed by atoms with van der Waals surface area (Å²) in [6, 6.07) is 1.54. The van der Waals surface area contributed by atoms with Crippen molar-refractivity contribution in [1.29, 1.82) is 0 Å². The van der Waals surface area contributed by atoms with Gasteiger partial charge in [-0.3, -0.25) is 52.7 Å². The Morgan fingerprint density at radius 1 is 0.659 bits per heavy atom. The highest BCUT2D eigenvalue weighted by Gasteiger charge is 2.49. The lowest BCUT2D eigenvalue weighted by Gasteiger charge is -2.39. The van der Waals surface area contributed by atoms with Crippen LogP contribution in [0.3, 0.4) is 0 Å². The lowest BCUT2D eigenvalue weighted by Crippen LogP contribution is -2.64. The van der Waals surface area contributed by atoms with E-state index in [0.29, 0.717) is 31.2 Å². The van der Waals surface area contributed by atoms with Gasteiger partial charge in [0.1, 0.15) is 41.8 Å². The minimum Gasteiger partial charge on any atom is -0.351 e. The maximum absolute atomic E-state index is 15.0. The van der Waals surface area contributed by atoms with Gasteiger partial charge in [-0.15, -0.1) is 0 Å². The van der Waals surface area contributed by atoms with E-state index in [-0.39, 0.29) is 74.4 Å². The first-order valence-corrected chi connectivity index (χ1v) is 31.9. The topological polar surface area (TPSA) is 259 Å². The number of benzene rings is 2. The summed E-state index contributed by atoms with van der Waals surface area (Å²) in [5.74, 6) is -8.42. The number of alkyl halides is 3. The lowest BCUT2D eigenvalue weighted by atomic mass is 9.92. The second-order valence-electron chi connectivity index (χ2n) is 25.6. The van der Waals surface area contributed by atoms with Crippen molar-refractivity contribution >= 4 is 88.2 Å². The third-order valence-electron chi connectivity index (χ3n) is 17.7. The fourth-order valence-electron chi connectivity index (χ4n) is 12.1. The summed E-state index contributed by atoms with van der Waals surface area (Å²) >= 11 is 12.7. The molecule has 2 aromatic carbocycles. The summed E-state index contributed by atoms with van der Waals surface area (Å²) in [7, 11) is 8.26. The van der Waals surface area contributed by atoms with Gasteiger partial charge in [0.2, 0.25) is 65.0 Å². The minimum atomic E-state index is -4.76. The number of halogens is 5. The molecule has 2 heterocycles. The fraction of sp³-hybridized carbons (Fsp3) is 0.641. The van der Waals surface area contributed by atoms with E-state index in [1.165, 1.54) is 63.1 Å². The quantitative estimate of drug-likeness (QED) is 0.244. The highest BCUT2D eigenvalue weighted by molar-refractivity contribution is 6.31. The van der Waals surface area contributed by atoms with Gasteiger partial charge >= 0.3 is 6.18 Å². The van der Waals surface area contributed by atoms with E-state index < -0.39 is 161 Å². The summed E-state index contributed by atoms with van der Waals surface area (Å²) in [4.78, 5) is 167. The first-order chi connectivity index (χ1) is 42.5. The number of carbonyl (C=O) groups excluding carboxylic acids is 11. The molecule has 11 amide bonds. The molecule has 2 aliphatic heterocycles. The Labute approximate surface area is 542 Å². The molecule has 22 nitrogen and oxygen atoms in total. The van der Waals surface area contributed by atoms with Crippen molar-refractivity contribution in [2.45, 2.75) is 180 Å². The third-order valence-corrected chi connectivity index (χ3v) is 18.4. The molecule has 8 atom stereocenters. The second kappa shape index (κ2) is 32.5. The van der Waals surface area contributed by atoms with Crippen LogP contribution in [0.1, 0.15) is 129 Å². The van der Waals surface area contributed by atoms with Crippen molar-refractivity contribution in [2.24, 2.45) is 17.8 Å². The third kappa shape index (κ3) is 19.3. The number of nitrogens with zero attached hydrogens (tertiary/aromatic N) is 7. The molecule has 27 heteroatoms. The van der Waals surface area contributed by atoms with E-state index in [4.69, 9.17) is 23.2 Å². The van der Waals surface area contributed by atoms with Gasteiger partial charge in [-0.05, 0) is 98.9 Å². The van der Waals surface area contributed by atoms with Crippen LogP contribution in [0.25, 0.3) is 0 Å². The minimum absolute atomic E-state index is 0.0324. The van der Waals surface area contributed by atoms with Crippen LogP contribution >= 0.6 is 23.2 Å². The van der Waals surface area contributed by atoms with Crippen LogP contribution in [-0.2, 0) is 71.8 Å². The van der Waals surface area contributed by atoms with Gasteiger partial charge in [0.25, 0.3) is 0 Å². The highest BCUT2D eigenvalue weighted by atomic mass is 35.5. The summed E-state index contributed by atoms with van der Waals surface area (Å²) in [6.45, 7) is 10.6. The molecule has 91 heavy (non-hydrogen) atoms. The van der Waals surface area contributed by atoms with Crippen molar-refractivity contribution in [1.82, 2.24) is 55.6 Å². The van der Waals surface area contributed by atoms with Gasteiger partial charge in [0.15, 0.2) is 0 Å². The van der Waals surface area contributed by atoms with Crippen LogP contribution in [0.5, 0.6) is 0 Å². The van der Waals surface area contributed by atoms with E-state index in [2.05, 4.69) is 21.3 Å². The molecule has 0 bridgehead atoms. The molecular weight excluding hydrogens is 1230 g/mol. The Morgan fingerprint density at radius 3 is 1.87 bits per heavy atom. The molecule has 3 fully saturated rings. The molecule has 5 rings (SSSR count). The van der Waals surface area contributed by atoms with Crippen LogP contribution in [0.2, 0.25) is 10.0 Å². The largest absolute Gasteiger partial charge is 0.417 e. The normalized spacial score (nSPS) is 24.9. The maximum atomic E-state index is 15.0. The molecule has 1 saturated carbocycles. The van der Waals surface area contributed by atoms with Crippen LogP contribution in [0.15, 0.2) is 42.5 Å². The lowest BCUT2D eigenvalue weighted by molar-refractivity contribution is -0.149. The fourth-order valence-corrected chi connectivity index (χ4v) is 12.7. The average molecular weight is 1320 g/mol. The summed E-state index contributed by atoms with van der Waals surface area (Å²) < 4.78 is 41.3. The number of amides is 11. The Kier molecular flexibility index (Phi) is 26.7. The van der Waals surface area contributed by atoms with Crippen LogP contribution in [0.4, 0.5) is 13.2 Å². The van der Waals surface area contributed by atoms with Gasteiger partial charge in [-0.25, -0.2) is 0 Å². The van der Waals surface area contributed by atoms with Gasteiger partial charge in [0.05, 0.1) is 30.2 Å². The Hall–Kier alpha value is -7.02. The number of nitrogens with one attached hydrogen (secondary N) is 4. The molecular formula is C64H92Cl2F3N11O11. The van der Waals surface area contributed by atoms with E-state index in [1.807, 2.05) is 20.8 Å². The molecule has 0 radical (unpaired) electrons. The molecule has 1 aliphatic carbocycles. The van der Waals surface area contributed by atoms with Gasteiger partial charge in [-0.1, -0.05) is 108 Å². The van der Waals surface area contributed by atoms with Gasteiger partial charge in [-0.2, -0.15) is 13.2 Å². The first-order valence-electron chi connectivity index (χ1n) is 31.2. The van der Waals surface area contributed by atoms with Crippen molar-refractivity contribution in [3.05, 3.63) is 69.2 Å². The van der Waals surface area contributed by atoms with Crippen molar-refractivity contribution in [3.63, 3.8) is 0 Å². The molecule has 1 spiro atoms. The molecule has 2 saturated heterocycles. The molecule has 4 N–H and O–H groups in total. The van der Waals surface area contributed by atoms with Crippen molar-refractivity contribution in [2.75, 3.05) is 68.5 Å². The monoisotopic (exact) mass is 1320 g/mol. The van der Waals surface area contributed by atoms with Crippen LogP contribution in [0, 0.1) is 17.8 Å². The first kappa shape index (κ1) is 74.7. The zero-order valence-corrected chi connectivity index (χ0v) is 56.2. The van der Waals surface area contributed by atoms with E-state index >= 15 is 0 Å². The number of hydrogen-bond donors (Lipinski definition) is 4. The van der Waals surface area contributed by atoms with Crippen molar-refractivity contribution in [3.8, 4) is 0 Å². The van der Waals surface area contributed by atoms with Gasteiger partial charge in [0, 0.05) is 72.7 Å². The average Bonchev–Trinajstić information content (AvgIpc) is 1.78.